The first kappa shape index (κ1) is 22.8. The molecule has 174 valence electrons. The van der Waals surface area contributed by atoms with E-state index in [0.717, 1.165) is 35.6 Å². The smallest absolute Gasteiger partial charge is 0.322 e. The number of amides is 4. The maximum absolute atomic E-state index is 13.2. The van der Waals surface area contributed by atoms with Gasteiger partial charge in [0.05, 0.1) is 0 Å². The molecule has 1 aromatic carbocycles. The standard InChI is InChI=1S/C25H31N5O3/c1-15(2)25(23(32)27-24(33)28-25)20-7-6-19(13-17(20)4)22(31)30-10-8-29(9-11-30)21-18(5)12-16(3)14-26-21/h6-7,12-15H,8-11H2,1-5H3,(H2,27,28,32,33)/t25-/m0/s1. The Bertz CT molecular complexity index is 1120. The molecule has 8 nitrogen and oxygen atoms in total. The van der Waals surface area contributed by atoms with E-state index in [1.807, 2.05) is 44.9 Å². The van der Waals surface area contributed by atoms with E-state index < -0.39 is 11.6 Å². The fourth-order valence-electron chi connectivity index (χ4n) is 4.96. The predicted octanol–water partition coefficient (Wildman–Crippen LogP) is 2.66. The zero-order valence-corrected chi connectivity index (χ0v) is 19.9. The van der Waals surface area contributed by atoms with Crippen LogP contribution in [0.5, 0.6) is 0 Å². The third kappa shape index (κ3) is 3.94. The topological polar surface area (TPSA) is 94.6 Å². The second kappa shape index (κ2) is 8.50. The molecular weight excluding hydrogens is 418 g/mol. The molecule has 2 saturated heterocycles. The van der Waals surface area contributed by atoms with E-state index in [-0.39, 0.29) is 17.7 Å². The molecule has 2 fully saturated rings. The summed E-state index contributed by atoms with van der Waals surface area (Å²) in [7, 11) is 0. The van der Waals surface area contributed by atoms with Crippen molar-refractivity contribution in [1.82, 2.24) is 20.5 Å². The summed E-state index contributed by atoms with van der Waals surface area (Å²) in [5.74, 6) is 0.428. The van der Waals surface area contributed by atoms with Gasteiger partial charge >= 0.3 is 6.03 Å². The largest absolute Gasteiger partial charge is 0.353 e. The van der Waals surface area contributed by atoms with E-state index in [1.165, 1.54) is 0 Å². The number of hydrogen-bond acceptors (Lipinski definition) is 5. The Morgan fingerprint density at radius 3 is 2.27 bits per heavy atom. The number of aryl methyl sites for hydroxylation is 3. The SMILES string of the molecule is Cc1cnc(N2CCN(C(=O)c3ccc([C@]4(C(C)C)NC(=O)NC4=O)c(C)c3)CC2)c(C)c1. The van der Waals surface area contributed by atoms with Gasteiger partial charge in [0.1, 0.15) is 11.4 Å². The highest BCUT2D eigenvalue weighted by Gasteiger charge is 2.50. The lowest BCUT2D eigenvalue weighted by molar-refractivity contribution is -0.125. The van der Waals surface area contributed by atoms with Gasteiger partial charge in [-0.2, -0.15) is 0 Å². The number of nitrogens with zero attached hydrogens (tertiary/aromatic N) is 3. The van der Waals surface area contributed by atoms with Crippen LogP contribution in [0.2, 0.25) is 0 Å². The lowest BCUT2D eigenvalue weighted by Gasteiger charge is -2.36. The summed E-state index contributed by atoms with van der Waals surface area (Å²) >= 11 is 0. The summed E-state index contributed by atoms with van der Waals surface area (Å²) in [5, 5.41) is 5.16. The summed E-state index contributed by atoms with van der Waals surface area (Å²) in [6.07, 6.45) is 1.88. The average Bonchev–Trinajstić information content (AvgIpc) is 3.08. The van der Waals surface area contributed by atoms with Crippen LogP contribution in [0.4, 0.5) is 10.6 Å². The van der Waals surface area contributed by atoms with E-state index in [1.54, 1.807) is 12.1 Å². The fourth-order valence-corrected chi connectivity index (χ4v) is 4.96. The molecule has 2 aromatic rings. The highest BCUT2D eigenvalue weighted by Crippen LogP contribution is 2.35. The first-order valence-corrected chi connectivity index (χ1v) is 11.4. The van der Waals surface area contributed by atoms with Gasteiger partial charge in [-0.15, -0.1) is 0 Å². The van der Waals surface area contributed by atoms with Crippen molar-refractivity contribution in [2.45, 2.75) is 40.2 Å². The molecule has 0 aliphatic carbocycles. The minimum Gasteiger partial charge on any atom is -0.353 e. The van der Waals surface area contributed by atoms with Crippen LogP contribution in [0.3, 0.4) is 0 Å². The Hall–Kier alpha value is -3.42. The van der Waals surface area contributed by atoms with Gasteiger partial charge in [0.15, 0.2) is 0 Å². The minimum atomic E-state index is -1.13. The van der Waals surface area contributed by atoms with Gasteiger partial charge in [0, 0.05) is 37.9 Å². The highest BCUT2D eigenvalue weighted by atomic mass is 16.2. The molecule has 0 radical (unpaired) electrons. The van der Waals surface area contributed by atoms with Crippen molar-refractivity contribution >= 4 is 23.7 Å². The second-order valence-electron chi connectivity index (χ2n) is 9.33. The Kier molecular flexibility index (Phi) is 5.86. The monoisotopic (exact) mass is 449 g/mol. The minimum absolute atomic E-state index is 0.0311. The first-order valence-electron chi connectivity index (χ1n) is 11.4. The number of urea groups is 1. The van der Waals surface area contributed by atoms with Crippen LogP contribution in [0.15, 0.2) is 30.5 Å². The third-order valence-corrected chi connectivity index (χ3v) is 6.71. The third-order valence-electron chi connectivity index (χ3n) is 6.71. The molecule has 1 aromatic heterocycles. The molecule has 0 unspecified atom stereocenters. The number of nitrogens with one attached hydrogen (secondary N) is 2. The van der Waals surface area contributed by atoms with Gasteiger partial charge in [-0.25, -0.2) is 9.78 Å². The number of imide groups is 1. The van der Waals surface area contributed by atoms with Crippen LogP contribution in [0.25, 0.3) is 0 Å². The van der Waals surface area contributed by atoms with Crippen LogP contribution in [0.1, 0.15) is 46.5 Å². The quantitative estimate of drug-likeness (QED) is 0.700. The molecule has 0 spiro atoms. The normalized spacial score (nSPS) is 20.8. The number of rotatable bonds is 4. The van der Waals surface area contributed by atoms with Crippen LogP contribution in [-0.4, -0.2) is 53.9 Å². The average molecular weight is 450 g/mol. The van der Waals surface area contributed by atoms with E-state index in [9.17, 15) is 14.4 Å². The number of aromatic nitrogens is 1. The zero-order chi connectivity index (χ0) is 23.9. The molecule has 4 amide bonds. The van der Waals surface area contributed by atoms with Gasteiger partial charge in [-0.05, 0) is 61.1 Å². The zero-order valence-electron chi connectivity index (χ0n) is 19.9. The van der Waals surface area contributed by atoms with Crippen molar-refractivity contribution in [3.05, 3.63) is 58.3 Å². The Balaban J connectivity index is 1.50. The van der Waals surface area contributed by atoms with Gasteiger partial charge in [0.2, 0.25) is 0 Å². The number of pyridine rings is 1. The lowest BCUT2D eigenvalue weighted by atomic mass is 9.77. The molecule has 0 saturated carbocycles. The summed E-state index contributed by atoms with van der Waals surface area (Å²) in [6, 6.07) is 7.00. The summed E-state index contributed by atoms with van der Waals surface area (Å²) in [4.78, 5) is 46.4. The molecule has 3 heterocycles. The van der Waals surface area contributed by atoms with Crippen molar-refractivity contribution in [3.63, 3.8) is 0 Å². The Labute approximate surface area is 194 Å². The Morgan fingerprint density at radius 1 is 1.03 bits per heavy atom. The van der Waals surface area contributed by atoms with Crippen LogP contribution >= 0.6 is 0 Å². The number of benzene rings is 1. The van der Waals surface area contributed by atoms with Crippen molar-refractivity contribution in [1.29, 1.82) is 0 Å². The van der Waals surface area contributed by atoms with Crippen LogP contribution < -0.4 is 15.5 Å². The molecular formula is C25H31N5O3. The van der Waals surface area contributed by atoms with E-state index in [4.69, 9.17) is 0 Å². The molecule has 1 atom stereocenters. The molecule has 33 heavy (non-hydrogen) atoms. The second-order valence-corrected chi connectivity index (χ2v) is 9.33. The number of hydrogen-bond donors (Lipinski definition) is 2. The molecule has 8 heteroatoms. The highest BCUT2D eigenvalue weighted by molar-refractivity contribution is 6.08. The van der Waals surface area contributed by atoms with Gasteiger partial charge in [-0.3, -0.25) is 14.9 Å². The maximum atomic E-state index is 13.2. The molecule has 2 aliphatic rings. The predicted molar refractivity (Wildman–Crippen MR) is 126 cm³/mol. The van der Waals surface area contributed by atoms with E-state index in [0.29, 0.717) is 24.2 Å². The number of carbonyl (C=O) groups excluding carboxylic acids is 3. The summed E-state index contributed by atoms with van der Waals surface area (Å²) in [5.41, 5.74) is 3.24. The van der Waals surface area contributed by atoms with E-state index >= 15 is 0 Å². The lowest BCUT2D eigenvalue weighted by Crippen LogP contribution is -2.49. The van der Waals surface area contributed by atoms with Crippen LogP contribution in [-0.2, 0) is 10.3 Å². The molecule has 2 aliphatic heterocycles. The molecule has 4 rings (SSSR count). The van der Waals surface area contributed by atoms with Gasteiger partial charge in [0.25, 0.3) is 11.8 Å². The van der Waals surface area contributed by atoms with E-state index in [2.05, 4.69) is 33.5 Å². The Morgan fingerprint density at radius 2 is 1.73 bits per heavy atom. The number of anilines is 1. The van der Waals surface area contributed by atoms with Gasteiger partial charge < -0.3 is 15.1 Å². The van der Waals surface area contributed by atoms with Crippen LogP contribution in [0, 0.1) is 26.7 Å². The first-order chi connectivity index (χ1) is 15.6. The fraction of sp³-hybridized carbons (Fsp3) is 0.440. The number of piperazine rings is 1. The molecule has 2 N–H and O–H groups in total. The van der Waals surface area contributed by atoms with Crippen molar-refractivity contribution < 1.29 is 14.4 Å². The summed E-state index contributed by atoms with van der Waals surface area (Å²) < 4.78 is 0. The van der Waals surface area contributed by atoms with Crippen molar-refractivity contribution in [3.8, 4) is 0 Å². The van der Waals surface area contributed by atoms with Gasteiger partial charge in [-0.1, -0.05) is 26.0 Å². The molecule has 0 bridgehead atoms. The number of carbonyl (C=O) groups is 3. The van der Waals surface area contributed by atoms with Crippen molar-refractivity contribution in [2.75, 3.05) is 31.1 Å². The maximum Gasteiger partial charge on any atom is 0.322 e. The summed E-state index contributed by atoms with van der Waals surface area (Å²) in [6.45, 7) is 12.4. The van der Waals surface area contributed by atoms with Crippen molar-refractivity contribution in [2.24, 2.45) is 5.92 Å².